The maximum atomic E-state index is 12.1. The van der Waals surface area contributed by atoms with Gasteiger partial charge in [0.05, 0.1) is 18.8 Å². The zero-order chi connectivity index (χ0) is 24.2. The minimum absolute atomic E-state index is 0.334. The van der Waals surface area contributed by atoms with Crippen LogP contribution in [0.15, 0.2) is 24.3 Å². The van der Waals surface area contributed by atoms with Gasteiger partial charge in [0.1, 0.15) is 6.10 Å². The quantitative estimate of drug-likeness (QED) is 0.142. The first kappa shape index (κ1) is 29.4. The van der Waals surface area contributed by atoms with Gasteiger partial charge in [-0.05, 0) is 30.7 Å². The van der Waals surface area contributed by atoms with Crippen LogP contribution in [0, 0.1) is 0 Å². The Kier molecular flexibility index (Phi) is 17.6. The Hall–Kier alpha value is -1.63. The van der Waals surface area contributed by atoms with Gasteiger partial charge < -0.3 is 25.4 Å². The summed E-state index contributed by atoms with van der Waals surface area (Å²) in [5, 5.41) is 31.0. The van der Waals surface area contributed by atoms with Crippen LogP contribution in [0.1, 0.15) is 107 Å². The maximum absolute atomic E-state index is 12.1. The third-order valence-electron chi connectivity index (χ3n) is 6.03. The average molecular weight is 466 g/mol. The SMILES string of the molecule is CCCCCCCCCCCCCCCCNc1ccc(C(=O)OC(CO)C(O)CO)cc1. The van der Waals surface area contributed by atoms with Crippen molar-refractivity contribution in [1.29, 1.82) is 0 Å². The predicted octanol–water partition coefficient (Wildman–Crippen LogP) is 5.45. The summed E-state index contributed by atoms with van der Waals surface area (Å²) in [5.74, 6) is -0.639. The van der Waals surface area contributed by atoms with Crippen molar-refractivity contribution in [2.24, 2.45) is 0 Å². The summed E-state index contributed by atoms with van der Waals surface area (Å²) < 4.78 is 5.05. The summed E-state index contributed by atoms with van der Waals surface area (Å²) in [5.41, 5.74) is 1.27. The lowest BCUT2D eigenvalue weighted by atomic mass is 10.0. The number of carbonyl (C=O) groups is 1. The van der Waals surface area contributed by atoms with Gasteiger partial charge >= 0.3 is 5.97 Å². The maximum Gasteiger partial charge on any atom is 0.338 e. The Bertz CT molecular complexity index is 593. The molecule has 4 N–H and O–H groups in total. The molecule has 0 heterocycles. The summed E-state index contributed by atoms with van der Waals surface area (Å²) in [6, 6.07) is 6.93. The first-order chi connectivity index (χ1) is 16.1. The molecule has 0 saturated heterocycles. The van der Waals surface area contributed by atoms with Gasteiger partial charge in [-0.15, -0.1) is 0 Å². The van der Waals surface area contributed by atoms with E-state index in [2.05, 4.69) is 12.2 Å². The number of aliphatic hydroxyl groups is 3. The smallest absolute Gasteiger partial charge is 0.338 e. The van der Waals surface area contributed by atoms with Crippen molar-refractivity contribution in [3.8, 4) is 0 Å². The number of nitrogens with one attached hydrogen (secondary N) is 1. The molecule has 33 heavy (non-hydrogen) atoms. The number of esters is 1. The number of aliphatic hydroxyl groups excluding tert-OH is 3. The molecule has 1 aromatic carbocycles. The third kappa shape index (κ3) is 14.3. The summed E-state index contributed by atoms with van der Waals surface area (Å²) in [6.07, 6.45) is 16.4. The van der Waals surface area contributed by atoms with E-state index in [1.807, 2.05) is 12.1 Å². The van der Waals surface area contributed by atoms with E-state index in [1.165, 1.54) is 83.5 Å². The zero-order valence-corrected chi connectivity index (χ0v) is 20.6. The fourth-order valence-corrected chi connectivity index (χ4v) is 3.84. The van der Waals surface area contributed by atoms with Gasteiger partial charge in [0, 0.05) is 12.2 Å². The number of anilines is 1. The molecule has 190 valence electrons. The molecule has 0 aliphatic heterocycles. The van der Waals surface area contributed by atoms with Crippen LogP contribution in [0.5, 0.6) is 0 Å². The van der Waals surface area contributed by atoms with E-state index in [4.69, 9.17) is 9.84 Å². The van der Waals surface area contributed by atoms with Crippen molar-refractivity contribution >= 4 is 11.7 Å². The summed E-state index contributed by atoms with van der Waals surface area (Å²) in [4.78, 5) is 12.1. The monoisotopic (exact) mass is 465 g/mol. The highest BCUT2D eigenvalue weighted by Crippen LogP contribution is 2.15. The van der Waals surface area contributed by atoms with Crippen molar-refractivity contribution in [2.75, 3.05) is 25.1 Å². The predicted molar refractivity (Wildman–Crippen MR) is 135 cm³/mol. The van der Waals surface area contributed by atoms with E-state index in [0.29, 0.717) is 5.56 Å². The third-order valence-corrected chi connectivity index (χ3v) is 6.03. The highest BCUT2D eigenvalue weighted by Gasteiger charge is 2.22. The van der Waals surface area contributed by atoms with Crippen molar-refractivity contribution < 1.29 is 24.9 Å². The van der Waals surface area contributed by atoms with E-state index in [0.717, 1.165) is 18.7 Å². The molecule has 6 nitrogen and oxygen atoms in total. The standard InChI is InChI=1S/C27H47NO5/c1-2-3-4-5-6-7-8-9-10-11-12-13-14-15-20-28-24-18-16-23(17-19-24)27(32)33-26(22-30)25(31)21-29/h16-19,25-26,28-31H,2-15,20-22H2,1H3. The molecule has 0 spiro atoms. The van der Waals surface area contributed by atoms with Crippen LogP contribution >= 0.6 is 0 Å². The molecule has 0 aliphatic carbocycles. The molecule has 0 fully saturated rings. The molecule has 0 bridgehead atoms. The number of hydrogen-bond donors (Lipinski definition) is 4. The van der Waals surface area contributed by atoms with Crippen molar-refractivity contribution in [2.45, 2.75) is 109 Å². The van der Waals surface area contributed by atoms with Crippen molar-refractivity contribution in [3.05, 3.63) is 29.8 Å². The Labute approximate surface area is 200 Å². The van der Waals surface area contributed by atoms with Gasteiger partial charge in [-0.2, -0.15) is 0 Å². The van der Waals surface area contributed by atoms with Crippen LogP contribution in [0.2, 0.25) is 0 Å². The number of unbranched alkanes of at least 4 members (excludes halogenated alkanes) is 13. The molecule has 0 aliphatic rings. The normalized spacial score (nSPS) is 13.0. The Morgan fingerprint density at radius 2 is 1.27 bits per heavy atom. The molecule has 2 atom stereocenters. The van der Waals surface area contributed by atoms with E-state index >= 15 is 0 Å². The number of ether oxygens (including phenoxy) is 1. The van der Waals surface area contributed by atoms with Crippen LogP contribution < -0.4 is 5.32 Å². The minimum atomic E-state index is -1.30. The summed E-state index contributed by atoms with van der Waals surface area (Å²) >= 11 is 0. The van der Waals surface area contributed by atoms with Crippen molar-refractivity contribution in [3.63, 3.8) is 0 Å². The van der Waals surface area contributed by atoms with Crippen LogP contribution in [0.4, 0.5) is 5.69 Å². The topological polar surface area (TPSA) is 99.0 Å². The van der Waals surface area contributed by atoms with Gasteiger partial charge in [-0.3, -0.25) is 0 Å². The summed E-state index contributed by atoms with van der Waals surface area (Å²) in [7, 11) is 0. The van der Waals surface area contributed by atoms with E-state index in [9.17, 15) is 15.0 Å². The average Bonchev–Trinajstić information content (AvgIpc) is 2.84. The van der Waals surface area contributed by atoms with Gasteiger partial charge in [-0.25, -0.2) is 4.79 Å². The molecule has 2 unspecified atom stereocenters. The molecule has 0 aromatic heterocycles. The molecule has 1 aromatic rings. The number of benzene rings is 1. The lowest BCUT2D eigenvalue weighted by Crippen LogP contribution is -2.36. The Morgan fingerprint density at radius 1 is 0.788 bits per heavy atom. The zero-order valence-electron chi connectivity index (χ0n) is 20.6. The van der Waals surface area contributed by atoms with Gasteiger partial charge in [0.15, 0.2) is 6.10 Å². The van der Waals surface area contributed by atoms with E-state index < -0.39 is 31.4 Å². The van der Waals surface area contributed by atoms with Crippen LogP contribution in [-0.4, -0.2) is 53.3 Å². The largest absolute Gasteiger partial charge is 0.453 e. The number of hydrogen-bond acceptors (Lipinski definition) is 6. The lowest BCUT2D eigenvalue weighted by molar-refractivity contribution is -0.0565. The second kappa shape index (κ2) is 19.8. The Morgan fingerprint density at radius 3 is 1.73 bits per heavy atom. The van der Waals surface area contributed by atoms with Gasteiger partial charge in [-0.1, -0.05) is 90.4 Å². The first-order valence-electron chi connectivity index (χ1n) is 13.1. The van der Waals surface area contributed by atoms with E-state index in [1.54, 1.807) is 12.1 Å². The fourth-order valence-electron chi connectivity index (χ4n) is 3.84. The molecular weight excluding hydrogens is 418 g/mol. The summed E-state index contributed by atoms with van der Waals surface area (Å²) in [6.45, 7) is 2.03. The fraction of sp³-hybridized carbons (Fsp3) is 0.741. The molecule has 1 rings (SSSR count). The molecule has 6 heteroatoms. The minimum Gasteiger partial charge on any atom is -0.453 e. The molecule has 0 saturated carbocycles. The second-order valence-corrected chi connectivity index (χ2v) is 8.98. The lowest BCUT2D eigenvalue weighted by Gasteiger charge is -2.19. The van der Waals surface area contributed by atoms with Crippen LogP contribution in [0.25, 0.3) is 0 Å². The van der Waals surface area contributed by atoms with Crippen LogP contribution in [0.3, 0.4) is 0 Å². The van der Waals surface area contributed by atoms with Gasteiger partial charge in [0.2, 0.25) is 0 Å². The second-order valence-electron chi connectivity index (χ2n) is 8.98. The molecule has 0 radical (unpaired) electrons. The van der Waals surface area contributed by atoms with Crippen LogP contribution in [-0.2, 0) is 4.74 Å². The Balaban J connectivity index is 2.03. The number of rotatable bonds is 21. The highest BCUT2D eigenvalue weighted by atomic mass is 16.6. The molecule has 0 amide bonds. The highest BCUT2D eigenvalue weighted by molar-refractivity contribution is 5.90. The first-order valence-corrected chi connectivity index (χ1v) is 13.1. The van der Waals surface area contributed by atoms with E-state index in [-0.39, 0.29) is 0 Å². The molecular formula is C27H47NO5. The van der Waals surface area contributed by atoms with Crippen molar-refractivity contribution in [1.82, 2.24) is 0 Å². The number of carbonyl (C=O) groups excluding carboxylic acids is 1. The van der Waals surface area contributed by atoms with Gasteiger partial charge in [0.25, 0.3) is 0 Å².